The third kappa shape index (κ3) is 2.87. The number of aryl methyl sites for hydroxylation is 3. The van der Waals surface area contributed by atoms with Crippen molar-refractivity contribution < 1.29 is 5.11 Å². The predicted molar refractivity (Wildman–Crippen MR) is 75.2 cm³/mol. The molecule has 102 valence electrons. The summed E-state index contributed by atoms with van der Waals surface area (Å²) in [5, 5.41) is 18.3. The largest absolute Gasteiger partial charge is 0.387 e. The van der Waals surface area contributed by atoms with Crippen LogP contribution in [0.2, 0.25) is 0 Å². The third-order valence-corrected chi connectivity index (χ3v) is 4.99. The lowest BCUT2D eigenvalue weighted by Crippen LogP contribution is -2.00. The molecule has 2 aromatic heterocycles. The number of rotatable bonds is 3. The second-order valence-electron chi connectivity index (χ2n) is 5.26. The van der Waals surface area contributed by atoms with Gasteiger partial charge in [0.1, 0.15) is 0 Å². The van der Waals surface area contributed by atoms with E-state index in [1.165, 1.54) is 42.5 Å². The van der Waals surface area contributed by atoms with Crippen molar-refractivity contribution in [1.82, 2.24) is 15.0 Å². The van der Waals surface area contributed by atoms with Crippen LogP contribution >= 0.6 is 11.3 Å². The average molecular weight is 277 g/mol. The van der Waals surface area contributed by atoms with Crippen LogP contribution in [0.5, 0.6) is 0 Å². The highest BCUT2D eigenvalue weighted by Gasteiger charge is 2.18. The number of fused-ring (bicyclic) bond motifs is 1. The number of aliphatic hydroxyl groups excluding tert-OH is 1. The molecule has 0 aliphatic heterocycles. The summed E-state index contributed by atoms with van der Waals surface area (Å²) < 4.78 is 1.67. The Bertz CT molecular complexity index is 537. The topological polar surface area (TPSA) is 50.9 Å². The van der Waals surface area contributed by atoms with Crippen LogP contribution in [-0.4, -0.2) is 20.1 Å². The predicted octanol–water partition coefficient (Wildman–Crippen LogP) is 2.42. The first kappa shape index (κ1) is 12.8. The monoisotopic (exact) mass is 277 g/mol. The van der Waals surface area contributed by atoms with E-state index in [-0.39, 0.29) is 0 Å². The van der Waals surface area contributed by atoms with E-state index in [1.807, 2.05) is 13.2 Å². The first-order valence-electron chi connectivity index (χ1n) is 6.87. The second-order valence-corrected chi connectivity index (χ2v) is 6.43. The molecule has 2 heterocycles. The molecule has 0 bridgehead atoms. The molecule has 0 spiro atoms. The molecule has 0 saturated carbocycles. The normalized spacial score (nSPS) is 16.9. The number of hydrogen-bond acceptors (Lipinski definition) is 4. The van der Waals surface area contributed by atoms with Gasteiger partial charge in [0.05, 0.1) is 11.8 Å². The van der Waals surface area contributed by atoms with Gasteiger partial charge in [0.2, 0.25) is 0 Å². The summed E-state index contributed by atoms with van der Waals surface area (Å²) in [7, 11) is 1.84. The van der Waals surface area contributed by atoms with Gasteiger partial charge in [-0.3, -0.25) is 4.68 Å². The number of nitrogens with zero attached hydrogens (tertiary/aromatic N) is 3. The first-order valence-corrected chi connectivity index (χ1v) is 7.69. The molecule has 1 N–H and O–H groups in total. The highest BCUT2D eigenvalue weighted by molar-refractivity contribution is 7.12. The summed E-state index contributed by atoms with van der Waals surface area (Å²) in [5.41, 5.74) is 2.30. The molecule has 0 radical (unpaired) electrons. The molecule has 0 aromatic carbocycles. The van der Waals surface area contributed by atoms with Crippen molar-refractivity contribution in [2.45, 2.75) is 44.6 Å². The van der Waals surface area contributed by atoms with Gasteiger partial charge in [-0.05, 0) is 37.3 Å². The van der Waals surface area contributed by atoms with Crippen LogP contribution in [0, 0.1) is 0 Å². The molecule has 3 rings (SSSR count). The van der Waals surface area contributed by atoms with E-state index < -0.39 is 6.10 Å². The van der Waals surface area contributed by atoms with Gasteiger partial charge in [-0.15, -0.1) is 16.4 Å². The van der Waals surface area contributed by atoms with Crippen LogP contribution in [0.1, 0.15) is 46.4 Å². The summed E-state index contributed by atoms with van der Waals surface area (Å²) in [6.07, 6.45) is 8.21. The molecule has 5 heteroatoms. The molecule has 0 amide bonds. The number of thiophene rings is 1. The molecule has 2 aromatic rings. The molecule has 19 heavy (non-hydrogen) atoms. The fourth-order valence-electron chi connectivity index (χ4n) is 2.64. The summed E-state index contributed by atoms with van der Waals surface area (Å²) in [6, 6.07) is 2.20. The molecular formula is C14H19N3OS. The van der Waals surface area contributed by atoms with E-state index in [1.54, 1.807) is 16.0 Å². The average Bonchev–Trinajstić information content (AvgIpc) is 2.91. The second kappa shape index (κ2) is 5.43. The van der Waals surface area contributed by atoms with Gasteiger partial charge in [0.25, 0.3) is 0 Å². The van der Waals surface area contributed by atoms with E-state index in [4.69, 9.17) is 0 Å². The lowest BCUT2D eigenvalue weighted by molar-refractivity contribution is 0.181. The number of aliphatic hydroxyl groups is 1. The van der Waals surface area contributed by atoms with Gasteiger partial charge in [0, 0.05) is 29.4 Å². The van der Waals surface area contributed by atoms with Crippen molar-refractivity contribution >= 4 is 11.3 Å². The maximum absolute atomic E-state index is 10.3. The highest BCUT2D eigenvalue weighted by Crippen LogP contribution is 2.33. The molecule has 1 unspecified atom stereocenters. The summed E-state index contributed by atoms with van der Waals surface area (Å²) >= 11 is 1.78. The van der Waals surface area contributed by atoms with Crippen molar-refractivity contribution in [3.63, 3.8) is 0 Å². The summed E-state index contributed by atoms with van der Waals surface area (Å²) in [6.45, 7) is 0. The molecule has 0 saturated heterocycles. The zero-order chi connectivity index (χ0) is 13.2. The van der Waals surface area contributed by atoms with Crippen LogP contribution in [0.4, 0.5) is 0 Å². The zero-order valence-electron chi connectivity index (χ0n) is 11.2. The first-order chi connectivity index (χ1) is 9.22. The molecule has 4 nitrogen and oxygen atoms in total. The summed E-state index contributed by atoms with van der Waals surface area (Å²) in [4.78, 5) is 2.56. The minimum absolute atomic E-state index is 0.450. The quantitative estimate of drug-likeness (QED) is 0.877. The van der Waals surface area contributed by atoms with E-state index >= 15 is 0 Å². The van der Waals surface area contributed by atoms with Crippen LogP contribution in [0.15, 0.2) is 12.3 Å². The molecule has 0 fully saturated rings. The van der Waals surface area contributed by atoms with Gasteiger partial charge < -0.3 is 5.11 Å². The van der Waals surface area contributed by atoms with E-state index in [9.17, 15) is 5.11 Å². The van der Waals surface area contributed by atoms with Gasteiger partial charge in [0.15, 0.2) is 0 Å². The summed E-state index contributed by atoms with van der Waals surface area (Å²) in [5.74, 6) is 0. The molecule has 1 atom stereocenters. The SMILES string of the molecule is Cn1cc(CC(O)c2cc3c(s2)CCCCC3)nn1. The van der Waals surface area contributed by atoms with E-state index in [0.717, 1.165) is 10.6 Å². The van der Waals surface area contributed by atoms with Crippen molar-refractivity contribution in [3.8, 4) is 0 Å². The maximum atomic E-state index is 10.3. The molecular weight excluding hydrogens is 258 g/mol. The van der Waals surface area contributed by atoms with Crippen LogP contribution in [-0.2, 0) is 26.3 Å². The van der Waals surface area contributed by atoms with Crippen molar-refractivity contribution in [3.05, 3.63) is 33.3 Å². The minimum atomic E-state index is -0.450. The number of hydrogen-bond donors (Lipinski definition) is 1. The molecule has 1 aliphatic carbocycles. The molecule has 1 aliphatic rings. The lowest BCUT2D eigenvalue weighted by atomic mass is 10.1. The van der Waals surface area contributed by atoms with Crippen molar-refractivity contribution in [2.75, 3.05) is 0 Å². The Labute approximate surface area is 117 Å². The fraction of sp³-hybridized carbons (Fsp3) is 0.571. The Morgan fingerprint density at radius 1 is 1.37 bits per heavy atom. The van der Waals surface area contributed by atoms with Crippen molar-refractivity contribution in [2.24, 2.45) is 7.05 Å². The van der Waals surface area contributed by atoms with Gasteiger partial charge >= 0.3 is 0 Å². The Morgan fingerprint density at radius 3 is 3.00 bits per heavy atom. The zero-order valence-corrected chi connectivity index (χ0v) is 12.0. The van der Waals surface area contributed by atoms with E-state index in [2.05, 4.69) is 16.4 Å². The highest BCUT2D eigenvalue weighted by atomic mass is 32.1. The Balaban J connectivity index is 1.74. The van der Waals surface area contributed by atoms with Crippen LogP contribution < -0.4 is 0 Å². The van der Waals surface area contributed by atoms with Gasteiger partial charge in [-0.1, -0.05) is 11.6 Å². The lowest BCUT2D eigenvalue weighted by Gasteiger charge is -2.05. The van der Waals surface area contributed by atoms with E-state index in [0.29, 0.717) is 6.42 Å². The Hall–Kier alpha value is -1.20. The van der Waals surface area contributed by atoms with Crippen molar-refractivity contribution in [1.29, 1.82) is 0 Å². The third-order valence-electron chi connectivity index (χ3n) is 3.65. The maximum Gasteiger partial charge on any atom is 0.0938 e. The smallest absolute Gasteiger partial charge is 0.0938 e. The van der Waals surface area contributed by atoms with Gasteiger partial charge in [-0.25, -0.2) is 0 Å². The standard InChI is InChI=1S/C14H19N3OS/c1-17-9-11(15-16-17)8-12(18)14-7-10-5-3-2-4-6-13(10)19-14/h7,9,12,18H,2-6,8H2,1H3. The minimum Gasteiger partial charge on any atom is -0.387 e. The fourth-order valence-corrected chi connectivity index (χ4v) is 3.89. The van der Waals surface area contributed by atoms with Gasteiger partial charge in [-0.2, -0.15) is 0 Å². The van der Waals surface area contributed by atoms with Crippen LogP contribution in [0.25, 0.3) is 0 Å². The Morgan fingerprint density at radius 2 is 2.21 bits per heavy atom. The number of aromatic nitrogens is 3. The Kier molecular flexibility index (Phi) is 3.66. The van der Waals surface area contributed by atoms with Crippen LogP contribution in [0.3, 0.4) is 0 Å².